The second-order valence-electron chi connectivity index (χ2n) is 5.94. The van der Waals surface area contributed by atoms with Crippen LogP contribution < -0.4 is 5.32 Å². The number of aryl methyl sites for hydroxylation is 1. The van der Waals surface area contributed by atoms with Crippen LogP contribution >= 0.6 is 0 Å². The highest BCUT2D eigenvalue weighted by molar-refractivity contribution is 5.74. The van der Waals surface area contributed by atoms with E-state index >= 15 is 0 Å². The lowest BCUT2D eigenvalue weighted by Gasteiger charge is -2.35. The zero-order chi connectivity index (χ0) is 13.8. The Bertz CT molecular complexity index is 434. The molecule has 0 aliphatic carbocycles. The SMILES string of the molecule is Cc1ccccc1CNC(=O)N1CC(C)CC(C)C1. The quantitative estimate of drug-likeness (QED) is 0.870. The smallest absolute Gasteiger partial charge is 0.317 e. The van der Waals surface area contributed by atoms with Gasteiger partial charge in [-0.25, -0.2) is 4.79 Å². The van der Waals surface area contributed by atoms with E-state index in [2.05, 4.69) is 38.2 Å². The minimum atomic E-state index is 0.0710. The van der Waals surface area contributed by atoms with E-state index in [1.807, 2.05) is 17.0 Å². The molecule has 0 bridgehead atoms. The molecule has 2 rings (SSSR count). The molecule has 2 atom stereocenters. The number of urea groups is 1. The first-order valence-corrected chi connectivity index (χ1v) is 7.13. The molecule has 0 saturated carbocycles. The van der Waals surface area contributed by atoms with Crippen molar-refractivity contribution in [3.05, 3.63) is 35.4 Å². The first-order valence-electron chi connectivity index (χ1n) is 7.13. The summed E-state index contributed by atoms with van der Waals surface area (Å²) < 4.78 is 0. The average Bonchev–Trinajstić information content (AvgIpc) is 2.36. The zero-order valence-electron chi connectivity index (χ0n) is 12.1. The molecule has 1 fully saturated rings. The molecule has 1 N–H and O–H groups in total. The average molecular weight is 260 g/mol. The third-order valence-electron chi connectivity index (χ3n) is 3.85. The van der Waals surface area contributed by atoms with Gasteiger partial charge in [0.15, 0.2) is 0 Å². The fraction of sp³-hybridized carbons (Fsp3) is 0.562. The van der Waals surface area contributed by atoms with Crippen LogP contribution in [0.3, 0.4) is 0 Å². The molecule has 1 aromatic carbocycles. The van der Waals surface area contributed by atoms with Gasteiger partial charge in [-0.05, 0) is 36.3 Å². The van der Waals surface area contributed by atoms with Crippen LogP contribution in [0.5, 0.6) is 0 Å². The Labute approximate surface area is 116 Å². The van der Waals surface area contributed by atoms with Crippen molar-refractivity contribution in [1.82, 2.24) is 10.2 Å². The van der Waals surface area contributed by atoms with Gasteiger partial charge in [0, 0.05) is 19.6 Å². The molecule has 1 heterocycles. The van der Waals surface area contributed by atoms with Crippen LogP contribution in [0.2, 0.25) is 0 Å². The number of amides is 2. The molecule has 0 radical (unpaired) electrons. The van der Waals surface area contributed by atoms with E-state index in [4.69, 9.17) is 0 Å². The molecule has 1 aromatic rings. The molecule has 104 valence electrons. The van der Waals surface area contributed by atoms with Crippen molar-refractivity contribution in [2.75, 3.05) is 13.1 Å². The minimum absolute atomic E-state index is 0.0710. The fourth-order valence-corrected chi connectivity index (χ4v) is 2.92. The Morgan fingerprint density at radius 3 is 2.53 bits per heavy atom. The molecule has 1 aliphatic heterocycles. The van der Waals surface area contributed by atoms with Crippen LogP contribution in [0.25, 0.3) is 0 Å². The summed E-state index contributed by atoms with van der Waals surface area (Å²) in [6.07, 6.45) is 1.22. The zero-order valence-corrected chi connectivity index (χ0v) is 12.1. The van der Waals surface area contributed by atoms with Crippen LogP contribution in [0.1, 0.15) is 31.4 Å². The normalized spacial score (nSPS) is 23.2. The van der Waals surface area contributed by atoms with Crippen LogP contribution in [-0.2, 0) is 6.54 Å². The maximum absolute atomic E-state index is 12.2. The van der Waals surface area contributed by atoms with E-state index in [-0.39, 0.29) is 6.03 Å². The van der Waals surface area contributed by atoms with Crippen LogP contribution in [0, 0.1) is 18.8 Å². The van der Waals surface area contributed by atoms with Crippen LogP contribution in [0.4, 0.5) is 4.79 Å². The first-order chi connectivity index (χ1) is 9.06. The van der Waals surface area contributed by atoms with Gasteiger partial charge in [0.2, 0.25) is 0 Å². The molecule has 3 nitrogen and oxygen atoms in total. The van der Waals surface area contributed by atoms with Gasteiger partial charge in [0.05, 0.1) is 0 Å². The summed E-state index contributed by atoms with van der Waals surface area (Å²) in [6.45, 7) is 8.89. The predicted octanol–water partition coefficient (Wildman–Crippen LogP) is 3.18. The molecular formula is C16H24N2O. The van der Waals surface area contributed by atoms with Gasteiger partial charge in [-0.3, -0.25) is 0 Å². The summed E-state index contributed by atoms with van der Waals surface area (Å²) in [5.74, 6) is 1.21. The summed E-state index contributed by atoms with van der Waals surface area (Å²) in [6, 6.07) is 8.25. The Morgan fingerprint density at radius 1 is 1.26 bits per heavy atom. The lowest BCUT2D eigenvalue weighted by atomic mass is 9.92. The number of nitrogens with zero attached hydrogens (tertiary/aromatic N) is 1. The lowest BCUT2D eigenvalue weighted by molar-refractivity contribution is 0.146. The molecule has 2 amide bonds. The van der Waals surface area contributed by atoms with E-state index < -0.39 is 0 Å². The van der Waals surface area contributed by atoms with E-state index in [0.29, 0.717) is 18.4 Å². The van der Waals surface area contributed by atoms with Gasteiger partial charge in [0.1, 0.15) is 0 Å². The molecule has 0 aromatic heterocycles. The monoisotopic (exact) mass is 260 g/mol. The number of benzene rings is 1. The number of hydrogen-bond donors (Lipinski definition) is 1. The molecule has 3 heteroatoms. The minimum Gasteiger partial charge on any atom is -0.334 e. The van der Waals surface area contributed by atoms with Crippen molar-refractivity contribution < 1.29 is 4.79 Å². The maximum Gasteiger partial charge on any atom is 0.317 e. The standard InChI is InChI=1S/C16H24N2O/c1-12-8-13(2)11-18(10-12)16(19)17-9-15-7-5-4-6-14(15)3/h4-7,12-13H,8-11H2,1-3H3,(H,17,19). The van der Waals surface area contributed by atoms with Crippen molar-refractivity contribution in [2.24, 2.45) is 11.8 Å². The summed E-state index contributed by atoms with van der Waals surface area (Å²) in [4.78, 5) is 14.1. The van der Waals surface area contributed by atoms with Gasteiger partial charge < -0.3 is 10.2 Å². The van der Waals surface area contributed by atoms with Crippen molar-refractivity contribution in [3.8, 4) is 0 Å². The van der Waals surface area contributed by atoms with Gasteiger partial charge >= 0.3 is 6.03 Å². The van der Waals surface area contributed by atoms with Gasteiger partial charge in [-0.15, -0.1) is 0 Å². The largest absolute Gasteiger partial charge is 0.334 e. The highest BCUT2D eigenvalue weighted by Crippen LogP contribution is 2.20. The summed E-state index contributed by atoms with van der Waals surface area (Å²) in [5.41, 5.74) is 2.41. The first kappa shape index (κ1) is 13.9. The number of rotatable bonds is 2. The topological polar surface area (TPSA) is 32.3 Å². The molecule has 19 heavy (non-hydrogen) atoms. The Morgan fingerprint density at radius 2 is 1.89 bits per heavy atom. The third kappa shape index (κ3) is 3.72. The Hall–Kier alpha value is -1.51. The highest BCUT2D eigenvalue weighted by Gasteiger charge is 2.25. The van der Waals surface area contributed by atoms with Gasteiger partial charge in [0.25, 0.3) is 0 Å². The van der Waals surface area contributed by atoms with Crippen molar-refractivity contribution in [1.29, 1.82) is 0 Å². The van der Waals surface area contributed by atoms with Crippen molar-refractivity contribution in [2.45, 2.75) is 33.7 Å². The van der Waals surface area contributed by atoms with Crippen molar-refractivity contribution in [3.63, 3.8) is 0 Å². The van der Waals surface area contributed by atoms with E-state index in [1.165, 1.54) is 17.5 Å². The van der Waals surface area contributed by atoms with Gasteiger partial charge in [-0.2, -0.15) is 0 Å². The van der Waals surface area contributed by atoms with Crippen molar-refractivity contribution >= 4 is 6.03 Å². The molecule has 1 aliphatic rings. The van der Waals surface area contributed by atoms with Gasteiger partial charge in [-0.1, -0.05) is 38.1 Å². The Kier molecular flexibility index (Phi) is 4.46. The lowest BCUT2D eigenvalue weighted by Crippen LogP contribution is -2.47. The molecular weight excluding hydrogens is 236 g/mol. The number of piperidine rings is 1. The van der Waals surface area contributed by atoms with E-state index in [9.17, 15) is 4.79 Å². The maximum atomic E-state index is 12.2. The van der Waals surface area contributed by atoms with E-state index in [1.54, 1.807) is 0 Å². The third-order valence-corrected chi connectivity index (χ3v) is 3.85. The van der Waals surface area contributed by atoms with Crippen LogP contribution in [0.15, 0.2) is 24.3 Å². The second-order valence-corrected chi connectivity index (χ2v) is 5.94. The molecule has 2 unspecified atom stereocenters. The summed E-state index contributed by atoms with van der Waals surface area (Å²) in [5, 5.41) is 3.04. The number of nitrogens with one attached hydrogen (secondary N) is 1. The Balaban J connectivity index is 1.89. The van der Waals surface area contributed by atoms with Crippen LogP contribution in [-0.4, -0.2) is 24.0 Å². The molecule has 1 saturated heterocycles. The van der Waals surface area contributed by atoms with E-state index in [0.717, 1.165) is 13.1 Å². The molecule has 0 spiro atoms. The summed E-state index contributed by atoms with van der Waals surface area (Å²) in [7, 11) is 0. The number of carbonyl (C=O) groups excluding carboxylic acids is 1. The number of carbonyl (C=O) groups is 1. The highest BCUT2D eigenvalue weighted by atomic mass is 16.2. The number of likely N-dealkylation sites (tertiary alicyclic amines) is 1. The second kappa shape index (κ2) is 6.09. The fourth-order valence-electron chi connectivity index (χ4n) is 2.92. The predicted molar refractivity (Wildman–Crippen MR) is 77.9 cm³/mol. The summed E-state index contributed by atoms with van der Waals surface area (Å²) >= 11 is 0. The number of hydrogen-bond acceptors (Lipinski definition) is 1.